The molecule has 2 unspecified atom stereocenters. The van der Waals surface area contributed by atoms with Crippen LogP contribution in [-0.2, 0) is 19.1 Å². The Labute approximate surface area is 176 Å². The summed E-state index contributed by atoms with van der Waals surface area (Å²) in [5.74, 6) is 0.171. The van der Waals surface area contributed by atoms with E-state index in [0.29, 0.717) is 46.8 Å². The van der Waals surface area contributed by atoms with Crippen LogP contribution in [0.1, 0.15) is 42.1 Å². The molecular formula is C22H26ClNO5. The van der Waals surface area contributed by atoms with Crippen molar-refractivity contribution in [3.63, 3.8) is 0 Å². The summed E-state index contributed by atoms with van der Waals surface area (Å²) in [5, 5.41) is 0.426. The van der Waals surface area contributed by atoms with Gasteiger partial charge >= 0.3 is 0 Å². The van der Waals surface area contributed by atoms with Crippen molar-refractivity contribution in [2.45, 2.75) is 38.3 Å². The van der Waals surface area contributed by atoms with Crippen molar-refractivity contribution < 1.29 is 23.9 Å². The largest absolute Gasteiger partial charge is 0.495 e. The molecule has 0 bridgehead atoms. The number of halogens is 1. The van der Waals surface area contributed by atoms with Crippen LogP contribution in [0.25, 0.3) is 5.57 Å². The third kappa shape index (κ3) is 6.02. The lowest BCUT2D eigenvalue weighted by Crippen LogP contribution is -2.32. The molecule has 6 nitrogen and oxygen atoms in total. The fraction of sp³-hybridized carbons (Fsp3) is 0.409. The fourth-order valence-electron chi connectivity index (χ4n) is 3.35. The van der Waals surface area contributed by atoms with Gasteiger partial charge in [-0.2, -0.15) is 0 Å². The second-order valence-electron chi connectivity index (χ2n) is 6.90. The van der Waals surface area contributed by atoms with E-state index in [9.17, 15) is 14.4 Å². The van der Waals surface area contributed by atoms with Crippen LogP contribution in [0, 0.1) is 0 Å². The number of rotatable bonds is 10. The monoisotopic (exact) mass is 419 g/mol. The summed E-state index contributed by atoms with van der Waals surface area (Å²) < 4.78 is 11.2. The second kappa shape index (κ2) is 10.9. The average molecular weight is 420 g/mol. The molecule has 29 heavy (non-hydrogen) atoms. The standard InChI is InChI=1S/C22H26ClNO5/c1-15(27)19-7-6-16(23)11-21(19)20(8-9-25)22(28-3)13-24(2)17(14-26)12-18-5-4-10-29-18/h6-9,11,13-14,17-18H,4-5,10,12H2,1-3H3/b20-8-,22-13+. The Morgan fingerprint density at radius 2 is 2.14 bits per heavy atom. The molecule has 156 valence electrons. The van der Waals surface area contributed by atoms with Crippen LogP contribution >= 0.6 is 11.6 Å². The topological polar surface area (TPSA) is 72.9 Å². The number of benzene rings is 1. The zero-order chi connectivity index (χ0) is 21.4. The first-order valence-electron chi connectivity index (χ1n) is 9.42. The van der Waals surface area contributed by atoms with Crippen molar-refractivity contribution in [1.29, 1.82) is 0 Å². The molecule has 1 heterocycles. The van der Waals surface area contributed by atoms with E-state index in [0.717, 1.165) is 19.1 Å². The number of hydrogen-bond acceptors (Lipinski definition) is 6. The maximum atomic E-state index is 12.1. The Kier molecular flexibility index (Phi) is 8.61. The minimum absolute atomic E-state index is 0.0503. The highest BCUT2D eigenvalue weighted by Crippen LogP contribution is 2.30. The Morgan fingerprint density at radius 1 is 1.38 bits per heavy atom. The third-order valence-electron chi connectivity index (χ3n) is 4.90. The van der Waals surface area contributed by atoms with E-state index in [2.05, 4.69) is 0 Å². The number of methoxy groups -OCH3 is 1. The Bertz CT molecular complexity index is 811. The van der Waals surface area contributed by atoms with E-state index in [1.54, 1.807) is 36.3 Å². The average Bonchev–Trinajstić information content (AvgIpc) is 3.21. The Morgan fingerprint density at radius 3 is 2.69 bits per heavy atom. The number of ketones is 1. The molecule has 0 aliphatic carbocycles. The molecule has 0 amide bonds. The van der Waals surface area contributed by atoms with Crippen LogP contribution < -0.4 is 0 Å². The van der Waals surface area contributed by atoms with Gasteiger partial charge in [0.1, 0.15) is 18.3 Å². The number of ether oxygens (including phenoxy) is 2. The molecule has 2 rings (SSSR count). The van der Waals surface area contributed by atoms with Crippen LogP contribution in [0.3, 0.4) is 0 Å². The van der Waals surface area contributed by atoms with Gasteiger partial charge in [0, 0.05) is 42.4 Å². The van der Waals surface area contributed by atoms with Gasteiger partial charge in [-0.1, -0.05) is 11.6 Å². The summed E-state index contributed by atoms with van der Waals surface area (Å²) in [7, 11) is 3.22. The van der Waals surface area contributed by atoms with Gasteiger partial charge in [-0.05, 0) is 49.6 Å². The minimum atomic E-state index is -0.410. The van der Waals surface area contributed by atoms with Gasteiger partial charge in [0.2, 0.25) is 0 Å². The SMILES string of the molecule is COC(=C/N(C)C(C=O)CC1CCCO1)/C(=C\C=O)c1cc(Cl)ccc1C(C)=O. The lowest BCUT2D eigenvalue weighted by molar-refractivity contribution is -0.112. The lowest BCUT2D eigenvalue weighted by atomic mass is 9.95. The first-order chi connectivity index (χ1) is 13.9. The number of allylic oxidation sites excluding steroid dienone is 2. The van der Waals surface area contributed by atoms with Gasteiger partial charge in [-0.15, -0.1) is 0 Å². The summed E-state index contributed by atoms with van der Waals surface area (Å²) in [6, 6.07) is 4.44. The summed E-state index contributed by atoms with van der Waals surface area (Å²) in [6.07, 6.45) is 7.00. The first-order valence-corrected chi connectivity index (χ1v) is 9.80. The van der Waals surface area contributed by atoms with Gasteiger partial charge in [-0.3, -0.25) is 9.59 Å². The molecule has 0 spiro atoms. The zero-order valence-electron chi connectivity index (χ0n) is 16.9. The van der Waals surface area contributed by atoms with Crippen LogP contribution in [0.4, 0.5) is 0 Å². The number of hydrogen-bond donors (Lipinski definition) is 0. The van der Waals surface area contributed by atoms with Crippen molar-refractivity contribution in [2.75, 3.05) is 20.8 Å². The molecule has 1 aliphatic rings. The highest BCUT2D eigenvalue weighted by molar-refractivity contribution is 6.31. The molecule has 7 heteroatoms. The van der Waals surface area contributed by atoms with Gasteiger partial charge in [0.05, 0.1) is 19.3 Å². The van der Waals surface area contributed by atoms with E-state index >= 15 is 0 Å². The van der Waals surface area contributed by atoms with Crippen LogP contribution in [0.2, 0.25) is 5.02 Å². The summed E-state index contributed by atoms with van der Waals surface area (Å²) in [6.45, 7) is 2.16. The van der Waals surface area contributed by atoms with Crippen molar-refractivity contribution in [2.24, 2.45) is 0 Å². The molecule has 0 saturated carbocycles. The van der Waals surface area contributed by atoms with Crippen LogP contribution in [-0.4, -0.2) is 56.2 Å². The molecule has 0 radical (unpaired) electrons. The molecule has 0 aromatic heterocycles. The molecular weight excluding hydrogens is 394 g/mol. The number of carbonyl (C=O) groups excluding carboxylic acids is 3. The number of likely N-dealkylation sites (N-methyl/N-ethyl adjacent to an activating group) is 1. The predicted molar refractivity (Wildman–Crippen MR) is 112 cm³/mol. The summed E-state index contributed by atoms with van der Waals surface area (Å²) in [5.41, 5.74) is 1.31. The third-order valence-corrected chi connectivity index (χ3v) is 5.14. The van der Waals surface area contributed by atoms with Crippen molar-refractivity contribution in [1.82, 2.24) is 4.90 Å². The molecule has 0 N–H and O–H groups in total. The Balaban J connectivity index is 2.40. The molecule has 2 atom stereocenters. The van der Waals surface area contributed by atoms with Crippen molar-refractivity contribution in [3.8, 4) is 0 Å². The van der Waals surface area contributed by atoms with Gasteiger partial charge < -0.3 is 19.2 Å². The lowest BCUT2D eigenvalue weighted by Gasteiger charge is -2.26. The summed E-state index contributed by atoms with van der Waals surface area (Å²) in [4.78, 5) is 36.8. The minimum Gasteiger partial charge on any atom is -0.495 e. The fourth-order valence-corrected chi connectivity index (χ4v) is 3.52. The number of Topliss-reactive ketones (excluding diaryl/α,β-unsaturated/α-hetero) is 1. The molecule has 1 aromatic rings. The summed E-state index contributed by atoms with van der Waals surface area (Å²) >= 11 is 6.13. The molecule has 1 saturated heterocycles. The molecule has 1 aliphatic heterocycles. The van der Waals surface area contributed by atoms with Gasteiger partial charge in [0.15, 0.2) is 5.78 Å². The van der Waals surface area contributed by atoms with E-state index in [1.165, 1.54) is 20.1 Å². The quantitative estimate of drug-likeness (QED) is 0.189. The maximum absolute atomic E-state index is 12.1. The zero-order valence-corrected chi connectivity index (χ0v) is 17.6. The van der Waals surface area contributed by atoms with E-state index in [4.69, 9.17) is 21.1 Å². The second-order valence-corrected chi connectivity index (χ2v) is 7.34. The van der Waals surface area contributed by atoms with E-state index in [1.807, 2.05) is 0 Å². The van der Waals surface area contributed by atoms with Gasteiger partial charge in [0.25, 0.3) is 0 Å². The normalized spacial score (nSPS) is 18.3. The smallest absolute Gasteiger partial charge is 0.160 e. The number of carbonyl (C=O) groups is 3. The van der Waals surface area contributed by atoms with E-state index in [-0.39, 0.29) is 11.9 Å². The van der Waals surface area contributed by atoms with Gasteiger partial charge in [-0.25, -0.2) is 0 Å². The first kappa shape index (κ1) is 22.8. The van der Waals surface area contributed by atoms with E-state index < -0.39 is 6.04 Å². The molecule has 1 aromatic carbocycles. The van der Waals surface area contributed by atoms with Crippen LogP contribution in [0.15, 0.2) is 36.2 Å². The highest BCUT2D eigenvalue weighted by Gasteiger charge is 2.23. The van der Waals surface area contributed by atoms with Crippen molar-refractivity contribution in [3.05, 3.63) is 52.4 Å². The maximum Gasteiger partial charge on any atom is 0.160 e. The number of aldehydes is 2. The highest BCUT2D eigenvalue weighted by atomic mass is 35.5. The number of nitrogens with zero attached hydrogens (tertiary/aromatic N) is 1. The predicted octanol–water partition coefficient (Wildman–Crippen LogP) is 3.68. The Hall–Kier alpha value is -2.44. The van der Waals surface area contributed by atoms with Crippen LogP contribution in [0.5, 0.6) is 0 Å². The molecule has 1 fully saturated rings. The van der Waals surface area contributed by atoms with Crippen molar-refractivity contribution >= 4 is 35.5 Å².